The molecule has 0 aliphatic heterocycles. The lowest BCUT2D eigenvalue weighted by Crippen LogP contribution is -2.50. The minimum absolute atomic E-state index is 0.0505. The Kier molecular flexibility index (Phi) is 7.64. The van der Waals surface area contributed by atoms with Crippen LogP contribution in [0.2, 0.25) is 0 Å². The number of hydrogen-bond donors (Lipinski definition) is 3. The van der Waals surface area contributed by atoms with Crippen molar-refractivity contribution in [1.82, 2.24) is 10.6 Å². The number of nitro benzene ring substituents is 1. The van der Waals surface area contributed by atoms with Crippen molar-refractivity contribution in [2.75, 3.05) is 18.4 Å². The molecule has 9 heteroatoms. The molecular weight excluding hydrogens is 379 g/mol. The molecule has 29 heavy (non-hydrogen) atoms. The summed E-state index contributed by atoms with van der Waals surface area (Å²) in [4.78, 5) is 35.3. The number of nitrogens with one attached hydrogen (secondary N) is 3. The average Bonchev–Trinajstić information content (AvgIpc) is 2.69. The first-order valence-corrected chi connectivity index (χ1v) is 9.11. The largest absolute Gasteiger partial charge is 0.378 e. The predicted octanol–water partition coefficient (Wildman–Crippen LogP) is 2.72. The van der Waals surface area contributed by atoms with E-state index < -0.39 is 22.7 Å². The van der Waals surface area contributed by atoms with E-state index in [-0.39, 0.29) is 36.2 Å². The highest BCUT2D eigenvalue weighted by molar-refractivity contribution is 5.97. The number of anilines is 1. The average molecular weight is 402 g/mol. The van der Waals surface area contributed by atoms with E-state index >= 15 is 0 Å². The zero-order valence-electron chi connectivity index (χ0n) is 16.1. The maximum Gasteiger partial charge on any atom is 0.292 e. The number of carbonyl (C=O) groups is 2. The summed E-state index contributed by atoms with van der Waals surface area (Å²) in [5, 5.41) is 19.3. The lowest BCUT2D eigenvalue weighted by molar-refractivity contribution is -0.384. The third kappa shape index (κ3) is 6.27. The van der Waals surface area contributed by atoms with E-state index in [1.54, 1.807) is 32.0 Å². The molecule has 3 N–H and O–H groups in total. The standard InChI is InChI=1S/C20H23FN4O4/c1-13(2)18(24-19(26)14-7-9-15(21)10-8-14)20(27)23-12-11-22-16-5-3-4-6-17(16)25(28)29/h3-10,13,18,22H,11-12H2,1-2H3,(H,23,27)(H,24,26). The van der Waals surface area contributed by atoms with Gasteiger partial charge < -0.3 is 16.0 Å². The molecule has 0 bridgehead atoms. The van der Waals surface area contributed by atoms with Gasteiger partial charge >= 0.3 is 0 Å². The van der Waals surface area contributed by atoms with Gasteiger partial charge in [-0.05, 0) is 36.2 Å². The Hall–Kier alpha value is -3.49. The molecule has 0 heterocycles. The first kappa shape index (κ1) is 21.8. The van der Waals surface area contributed by atoms with Crippen LogP contribution >= 0.6 is 0 Å². The smallest absolute Gasteiger partial charge is 0.292 e. The van der Waals surface area contributed by atoms with Gasteiger partial charge in [0.1, 0.15) is 17.5 Å². The van der Waals surface area contributed by atoms with Crippen molar-refractivity contribution in [1.29, 1.82) is 0 Å². The minimum Gasteiger partial charge on any atom is -0.378 e. The summed E-state index contributed by atoms with van der Waals surface area (Å²) >= 11 is 0. The first-order valence-electron chi connectivity index (χ1n) is 9.11. The lowest BCUT2D eigenvalue weighted by Gasteiger charge is -2.22. The second-order valence-corrected chi connectivity index (χ2v) is 6.69. The van der Waals surface area contributed by atoms with E-state index in [1.165, 1.54) is 30.3 Å². The van der Waals surface area contributed by atoms with Gasteiger partial charge in [-0.25, -0.2) is 4.39 Å². The molecule has 2 rings (SSSR count). The summed E-state index contributed by atoms with van der Waals surface area (Å²) in [7, 11) is 0. The monoisotopic (exact) mass is 402 g/mol. The van der Waals surface area contributed by atoms with Crippen LogP contribution < -0.4 is 16.0 Å². The summed E-state index contributed by atoms with van der Waals surface area (Å²) in [6.07, 6.45) is 0. The van der Waals surface area contributed by atoms with Gasteiger partial charge in [-0.2, -0.15) is 0 Å². The fourth-order valence-corrected chi connectivity index (χ4v) is 2.64. The van der Waals surface area contributed by atoms with Crippen LogP contribution in [0.15, 0.2) is 48.5 Å². The van der Waals surface area contributed by atoms with Crippen molar-refractivity contribution >= 4 is 23.2 Å². The third-order valence-corrected chi connectivity index (χ3v) is 4.18. The van der Waals surface area contributed by atoms with E-state index in [4.69, 9.17) is 0 Å². The molecule has 0 radical (unpaired) electrons. The van der Waals surface area contributed by atoms with Gasteiger partial charge in [-0.15, -0.1) is 0 Å². The second-order valence-electron chi connectivity index (χ2n) is 6.69. The number of para-hydroxylation sites is 2. The van der Waals surface area contributed by atoms with Gasteiger partial charge in [0.25, 0.3) is 11.6 Å². The normalized spacial score (nSPS) is 11.6. The molecule has 0 fully saturated rings. The van der Waals surface area contributed by atoms with Gasteiger partial charge in [-0.1, -0.05) is 26.0 Å². The molecule has 2 amide bonds. The molecule has 0 spiro atoms. The van der Waals surface area contributed by atoms with E-state index in [2.05, 4.69) is 16.0 Å². The summed E-state index contributed by atoms with van der Waals surface area (Å²) < 4.78 is 13.0. The number of halogens is 1. The molecule has 2 aromatic rings. The number of amides is 2. The lowest BCUT2D eigenvalue weighted by atomic mass is 10.0. The maximum atomic E-state index is 13.0. The van der Waals surface area contributed by atoms with Crippen LogP contribution in [-0.4, -0.2) is 35.9 Å². The third-order valence-electron chi connectivity index (χ3n) is 4.18. The van der Waals surface area contributed by atoms with Crippen molar-refractivity contribution in [3.8, 4) is 0 Å². The number of benzene rings is 2. The summed E-state index contributed by atoms with van der Waals surface area (Å²) in [6.45, 7) is 4.06. The fraction of sp³-hybridized carbons (Fsp3) is 0.300. The molecule has 8 nitrogen and oxygen atoms in total. The van der Waals surface area contributed by atoms with Gasteiger partial charge in [0.2, 0.25) is 5.91 Å². The topological polar surface area (TPSA) is 113 Å². The molecule has 0 aromatic heterocycles. The van der Waals surface area contributed by atoms with Crippen LogP contribution in [0.25, 0.3) is 0 Å². The van der Waals surface area contributed by atoms with E-state index in [9.17, 15) is 24.1 Å². The summed E-state index contributed by atoms with van der Waals surface area (Å²) in [5.41, 5.74) is 0.560. The summed E-state index contributed by atoms with van der Waals surface area (Å²) in [6, 6.07) is 10.5. The van der Waals surface area contributed by atoms with Crippen molar-refractivity contribution in [3.63, 3.8) is 0 Å². The quantitative estimate of drug-likeness (QED) is 0.339. The van der Waals surface area contributed by atoms with Crippen LogP contribution in [0.3, 0.4) is 0 Å². The van der Waals surface area contributed by atoms with Crippen molar-refractivity contribution in [2.45, 2.75) is 19.9 Å². The van der Waals surface area contributed by atoms with Crippen LogP contribution in [0.5, 0.6) is 0 Å². The van der Waals surface area contributed by atoms with Gasteiger partial charge in [0.05, 0.1) is 4.92 Å². The molecule has 0 aliphatic carbocycles. The Morgan fingerprint density at radius 3 is 2.34 bits per heavy atom. The molecule has 1 unspecified atom stereocenters. The molecular formula is C20H23FN4O4. The van der Waals surface area contributed by atoms with Crippen molar-refractivity contribution in [2.24, 2.45) is 5.92 Å². The second kappa shape index (κ2) is 10.2. The molecule has 0 saturated carbocycles. The first-order chi connectivity index (χ1) is 13.8. The number of hydrogen-bond acceptors (Lipinski definition) is 5. The molecule has 0 aliphatic rings. The highest BCUT2D eigenvalue weighted by Crippen LogP contribution is 2.22. The van der Waals surface area contributed by atoms with E-state index in [0.29, 0.717) is 5.69 Å². The Bertz CT molecular complexity index is 871. The maximum absolute atomic E-state index is 13.0. The van der Waals surface area contributed by atoms with E-state index in [1.807, 2.05) is 0 Å². The zero-order chi connectivity index (χ0) is 21.4. The predicted molar refractivity (Wildman–Crippen MR) is 107 cm³/mol. The SMILES string of the molecule is CC(C)C(NC(=O)c1ccc(F)cc1)C(=O)NCCNc1ccccc1[N+](=O)[O-]. The highest BCUT2D eigenvalue weighted by atomic mass is 19.1. The Balaban J connectivity index is 1.89. The number of rotatable bonds is 9. The Morgan fingerprint density at radius 2 is 1.72 bits per heavy atom. The highest BCUT2D eigenvalue weighted by Gasteiger charge is 2.24. The van der Waals surface area contributed by atoms with Crippen molar-refractivity contribution < 1.29 is 18.9 Å². The van der Waals surface area contributed by atoms with Gasteiger partial charge in [-0.3, -0.25) is 19.7 Å². The Morgan fingerprint density at radius 1 is 1.07 bits per heavy atom. The number of nitro groups is 1. The van der Waals surface area contributed by atoms with Gasteiger partial charge in [0.15, 0.2) is 0 Å². The van der Waals surface area contributed by atoms with Crippen LogP contribution in [0.1, 0.15) is 24.2 Å². The molecule has 0 saturated heterocycles. The zero-order valence-corrected chi connectivity index (χ0v) is 16.1. The van der Waals surface area contributed by atoms with Crippen LogP contribution in [0, 0.1) is 21.8 Å². The van der Waals surface area contributed by atoms with Crippen molar-refractivity contribution in [3.05, 3.63) is 70.0 Å². The van der Waals surface area contributed by atoms with Crippen LogP contribution in [-0.2, 0) is 4.79 Å². The fourth-order valence-electron chi connectivity index (χ4n) is 2.64. The number of carbonyl (C=O) groups excluding carboxylic acids is 2. The minimum atomic E-state index is -0.779. The number of nitrogens with zero attached hydrogens (tertiary/aromatic N) is 1. The Labute approximate surface area is 167 Å². The molecule has 1 atom stereocenters. The summed E-state index contributed by atoms with van der Waals surface area (Å²) in [5.74, 6) is -1.48. The van der Waals surface area contributed by atoms with E-state index in [0.717, 1.165) is 0 Å². The molecule has 2 aromatic carbocycles. The molecule has 154 valence electrons. The van der Waals surface area contributed by atoms with Gasteiger partial charge in [0, 0.05) is 24.7 Å². The van der Waals surface area contributed by atoms with Crippen LogP contribution in [0.4, 0.5) is 15.8 Å².